The van der Waals surface area contributed by atoms with Gasteiger partial charge >= 0.3 is 0 Å². The van der Waals surface area contributed by atoms with Crippen LogP contribution in [0.5, 0.6) is 0 Å². The number of piperazine rings is 1. The Bertz CT molecular complexity index is 1550. The molecule has 37 heavy (non-hydrogen) atoms. The fourth-order valence-electron chi connectivity index (χ4n) is 5.54. The summed E-state index contributed by atoms with van der Waals surface area (Å²) in [4.78, 5) is 17.8. The van der Waals surface area contributed by atoms with Crippen molar-refractivity contribution in [3.8, 4) is 0 Å². The molecule has 5 aromatic rings. The first-order valence-corrected chi connectivity index (χ1v) is 13.4. The number of rotatable bonds is 7. The minimum atomic E-state index is 0.0127. The molecular weight excluding hydrogens is 454 g/mol. The average Bonchev–Trinajstić information content (AvgIpc) is 2.95. The van der Waals surface area contributed by atoms with Gasteiger partial charge in [-0.25, -0.2) is 0 Å². The quantitative estimate of drug-likeness (QED) is 0.211. The third-order valence-electron chi connectivity index (χ3n) is 7.63. The smallest absolute Gasteiger partial charge is 0.251 e. The summed E-state index contributed by atoms with van der Waals surface area (Å²) in [7, 11) is 0. The number of nitrogens with zero attached hydrogens (tertiary/aromatic N) is 2. The highest BCUT2D eigenvalue weighted by Crippen LogP contribution is 2.27. The lowest BCUT2D eigenvalue weighted by Crippen LogP contribution is -2.46. The van der Waals surface area contributed by atoms with Crippen LogP contribution in [0, 0.1) is 0 Å². The highest BCUT2D eigenvalue weighted by Gasteiger charge is 2.18. The van der Waals surface area contributed by atoms with Crippen molar-refractivity contribution in [2.45, 2.75) is 12.8 Å². The van der Waals surface area contributed by atoms with Crippen molar-refractivity contribution in [3.63, 3.8) is 0 Å². The lowest BCUT2D eigenvalue weighted by molar-refractivity contribution is 0.0952. The maximum absolute atomic E-state index is 12.8. The summed E-state index contributed by atoms with van der Waals surface area (Å²) in [6.45, 7) is 6.08. The van der Waals surface area contributed by atoms with Crippen LogP contribution in [0.15, 0.2) is 97.1 Å². The number of hydrogen-bond donors (Lipinski definition) is 1. The van der Waals surface area contributed by atoms with Crippen LogP contribution in [0.3, 0.4) is 0 Å². The van der Waals surface area contributed by atoms with Crippen molar-refractivity contribution in [3.05, 3.63) is 103 Å². The number of fused-ring (bicyclic) bond motifs is 3. The zero-order chi connectivity index (χ0) is 25.0. The van der Waals surface area contributed by atoms with Crippen LogP contribution in [0.1, 0.15) is 23.2 Å². The molecule has 0 atom stereocenters. The van der Waals surface area contributed by atoms with E-state index in [9.17, 15) is 4.79 Å². The number of amides is 1. The zero-order valence-corrected chi connectivity index (χ0v) is 21.2. The van der Waals surface area contributed by atoms with Gasteiger partial charge in [0.25, 0.3) is 5.91 Å². The maximum atomic E-state index is 12.8. The van der Waals surface area contributed by atoms with E-state index in [1.807, 2.05) is 12.1 Å². The van der Waals surface area contributed by atoms with E-state index >= 15 is 0 Å². The first-order chi connectivity index (χ1) is 18.2. The summed E-state index contributed by atoms with van der Waals surface area (Å²) in [5.41, 5.74) is 2.08. The second-order valence-corrected chi connectivity index (χ2v) is 10.1. The lowest BCUT2D eigenvalue weighted by Gasteiger charge is -2.36. The molecule has 0 saturated carbocycles. The van der Waals surface area contributed by atoms with Crippen molar-refractivity contribution in [2.24, 2.45) is 0 Å². The molecule has 1 heterocycles. The topological polar surface area (TPSA) is 35.6 Å². The fraction of sp³-hybridized carbons (Fsp3) is 0.242. The largest absolute Gasteiger partial charge is 0.368 e. The minimum Gasteiger partial charge on any atom is -0.368 e. The molecule has 0 aliphatic carbocycles. The Morgan fingerprint density at radius 3 is 2.14 bits per heavy atom. The number of nitrogens with one attached hydrogen (secondary N) is 1. The van der Waals surface area contributed by atoms with E-state index in [-0.39, 0.29) is 5.91 Å². The van der Waals surface area contributed by atoms with E-state index in [1.54, 1.807) is 0 Å². The normalized spacial score (nSPS) is 14.4. The van der Waals surface area contributed by atoms with Crippen molar-refractivity contribution >= 4 is 43.9 Å². The first-order valence-electron chi connectivity index (χ1n) is 13.4. The molecule has 0 spiro atoms. The van der Waals surface area contributed by atoms with Gasteiger partial charge < -0.3 is 10.2 Å². The predicted octanol–water partition coefficient (Wildman–Crippen LogP) is 6.48. The number of unbranched alkanes of at least 4 members (excludes halogenated alkanes) is 1. The van der Waals surface area contributed by atoms with Crippen LogP contribution in [-0.4, -0.2) is 50.1 Å². The molecule has 0 bridgehead atoms. The average molecular weight is 488 g/mol. The molecule has 1 amide bonds. The Hall–Kier alpha value is -3.89. The summed E-state index contributed by atoms with van der Waals surface area (Å²) >= 11 is 0. The monoisotopic (exact) mass is 487 g/mol. The number of carbonyl (C=O) groups is 1. The molecule has 1 N–H and O–H groups in total. The van der Waals surface area contributed by atoms with E-state index in [0.29, 0.717) is 6.54 Å². The maximum Gasteiger partial charge on any atom is 0.251 e. The standard InChI is InChI=1S/C33H33N3O/c37-33(29-15-14-28-22-26-9-1-2-10-27(26)23-30(28)24-29)34-16-5-6-17-35-18-20-36(21-19-35)32-13-7-11-25-8-3-4-12-31(25)32/h1-4,7-15,22-24H,5-6,16-21H2,(H,34,37). The highest BCUT2D eigenvalue weighted by atomic mass is 16.1. The molecule has 1 aliphatic rings. The summed E-state index contributed by atoms with van der Waals surface area (Å²) in [6.07, 6.45) is 2.09. The van der Waals surface area contributed by atoms with Gasteiger partial charge in [-0.3, -0.25) is 9.69 Å². The molecule has 4 nitrogen and oxygen atoms in total. The van der Waals surface area contributed by atoms with Crippen molar-refractivity contribution < 1.29 is 4.79 Å². The second-order valence-electron chi connectivity index (χ2n) is 10.1. The van der Waals surface area contributed by atoms with E-state index in [2.05, 4.69) is 100 Å². The molecule has 6 rings (SSSR count). The Labute approximate surface area is 218 Å². The third-order valence-corrected chi connectivity index (χ3v) is 7.63. The molecule has 1 fully saturated rings. The van der Waals surface area contributed by atoms with Crippen molar-refractivity contribution in [2.75, 3.05) is 44.2 Å². The lowest BCUT2D eigenvalue weighted by atomic mass is 10.0. The van der Waals surface area contributed by atoms with Gasteiger partial charge in [-0.1, -0.05) is 66.7 Å². The molecule has 0 unspecified atom stereocenters. The van der Waals surface area contributed by atoms with Crippen LogP contribution in [0.25, 0.3) is 32.3 Å². The summed E-state index contributed by atoms with van der Waals surface area (Å²) in [5.74, 6) is 0.0127. The minimum absolute atomic E-state index is 0.0127. The van der Waals surface area contributed by atoms with Gasteiger partial charge in [-0.2, -0.15) is 0 Å². The van der Waals surface area contributed by atoms with Gasteiger partial charge in [0.15, 0.2) is 0 Å². The van der Waals surface area contributed by atoms with Gasteiger partial charge in [0.05, 0.1) is 0 Å². The Morgan fingerprint density at radius 1 is 0.649 bits per heavy atom. The first kappa shape index (κ1) is 23.5. The molecule has 1 saturated heterocycles. The van der Waals surface area contributed by atoms with Gasteiger partial charge in [0.2, 0.25) is 0 Å². The molecule has 186 valence electrons. The number of benzene rings is 5. The highest BCUT2D eigenvalue weighted by molar-refractivity contribution is 6.03. The van der Waals surface area contributed by atoms with Crippen molar-refractivity contribution in [1.29, 1.82) is 0 Å². The Kier molecular flexibility index (Phi) is 6.74. The fourth-order valence-corrected chi connectivity index (χ4v) is 5.54. The molecule has 4 heteroatoms. The molecule has 1 aliphatic heterocycles. The molecule has 0 radical (unpaired) electrons. The predicted molar refractivity (Wildman–Crippen MR) is 156 cm³/mol. The van der Waals surface area contributed by atoms with Crippen LogP contribution in [0.2, 0.25) is 0 Å². The van der Waals surface area contributed by atoms with Crippen LogP contribution >= 0.6 is 0 Å². The van der Waals surface area contributed by atoms with Crippen LogP contribution in [0.4, 0.5) is 5.69 Å². The van der Waals surface area contributed by atoms with Gasteiger partial charge in [0, 0.05) is 49.4 Å². The van der Waals surface area contributed by atoms with E-state index in [1.165, 1.54) is 27.2 Å². The summed E-state index contributed by atoms with van der Waals surface area (Å²) in [5, 5.41) is 10.5. The van der Waals surface area contributed by atoms with Gasteiger partial charge in [0.1, 0.15) is 0 Å². The van der Waals surface area contributed by atoms with E-state index in [4.69, 9.17) is 0 Å². The van der Waals surface area contributed by atoms with E-state index < -0.39 is 0 Å². The van der Waals surface area contributed by atoms with Gasteiger partial charge in [-0.15, -0.1) is 0 Å². The van der Waals surface area contributed by atoms with Crippen molar-refractivity contribution in [1.82, 2.24) is 10.2 Å². The summed E-state index contributed by atoms with van der Waals surface area (Å²) < 4.78 is 0. The molecule has 0 aromatic heterocycles. The third kappa shape index (κ3) is 5.16. The van der Waals surface area contributed by atoms with Crippen LogP contribution < -0.4 is 10.2 Å². The molecular formula is C33H33N3O. The zero-order valence-electron chi connectivity index (χ0n) is 21.2. The SMILES string of the molecule is O=C(NCCCCN1CCN(c2cccc3ccccc23)CC1)c1ccc2cc3ccccc3cc2c1. The Balaban J connectivity index is 0.960. The number of carbonyl (C=O) groups excluding carboxylic acids is 1. The van der Waals surface area contributed by atoms with Gasteiger partial charge in [-0.05, 0) is 76.6 Å². The molecule has 5 aromatic carbocycles. The number of anilines is 1. The second kappa shape index (κ2) is 10.6. The van der Waals surface area contributed by atoms with E-state index in [0.717, 1.165) is 61.9 Å². The number of hydrogen-bond acceptors (Lipinski definition) is 3. The van der Waals surface area contributed by atoms with Crippen LogP contribution in [-0.2, 0) is 0 Å². The summed E-state index contributed by atoms with van der Waals surface area (Å²) in [6, 6.07) is 34.0. The Morgan fingerprint density at radius 2 is 1.32 bits per heavy atom.